The van der Waals surface area contributed by atoms with Crippen LogP contribution in [0.3, 0.4) is 0 Å². The molecular weight excluding hydrogens is 248 g/mol. The number of carboxylic acid groups (broad SMARTS) is 1. The number of aliphatic hydroxyl groups excluding tert-OH is 1. The Hall–Kier alpha value is -1.82. The molecule has 0 spiro atoms. The molecule has 1 fully saturated rings. The molecule has 1 aliphatic rings. The number of carboxylic acids is 1. The molecule has 1 aliphatic heterocycles. The molecule has 0 aromatic carbocycles. The fraction of sp³-hybridized carbons (Fsp3) is 0.538. The predicted octanol–water partition coefficient (Wildman–Crippen LogP) is 0.416. The number of piperidine rings is 1. The summed E-state index contributed by atoms with van der Waals surface area (Å²) in [5.41, 5.74) is 0.351. The number of rotatable bonds is 3. The van der Waals surface area contributed by atoms with Gasteiger partial charge in [-0.3, -0.25) is 9.59 Å². The fourth-order valence-corrected chi connectivity index (χ4v) is 2.29. The van der Waals surface area contributed by atoms with Crippen LogP contribution in [-0.4, -0.2) is 50.8 Å². The van der Waals surface area contributed by atoms with E-state index in [1.165, 1.54) is 4.57 Å². The van der Waals surface area contributed by atoms with Crippen LogP contribution >= 0.6 is 0 Å². The standard InChI is InChI=1S/C13H18N2O4/c1-9-4-6-15(7-11(9)16)13(19)10-3-2-5-14(10)8-12(17)18/h2-3,5,9,11,16H,4,6-8H2,1H3,(H,17,18). The van der Waals surface area contributed by atoms with Crippen LogP contribution in [0.25, 0.3) is 0 Å². The average molecular weight is 266 g/mol. The van der Waals surface area contributed by atoms with Crippen LogP contribution in [0.15, 0.2) is 18.3 Å². The molecular formula is C13H18N2O4. The third-order valence-electron chi connectivity index (χ3n) is 3.56. The highest BCUT2D eigenvalue weighted by Gasteiger charge is 2.29. The third-order valence-corrected chi connectivity index (χ3v) is 3.56. The summed E-state index contributed by atoms with van der Waals surface area (Å²) in [5, 5.41) is 18.6. The first kappa shape index (κ1) is 13.6. The number of aliphatic carboxylic acids is 1. The van der Waals surface area contributed by atoms with Gasteiger partial charge in [-0.25, -0.2) is 0 Å². The molecule has 1 amide bonds. The Balaban J connectivity index is 2.11. The topological polar surface area (TPSA) is 82.8 Å². The van der Waals surface area contributed by atoms with Crippen molar-refractivity contribution in [3.63, 3.8) is 0 Å². The van der Waals surface area contributed by atoms with Crippen LogP contribution < -0.4 is 0 Å². The summed E-state index contributed by atoms with van der Waals surface area (Å²) in [5.74, 6) is -1.02. The number of hydrogen-bond donors (Lipinski definition) is 2. The lowest BCUT2D eigenvalue weighted by Gasteiger charge is -2.34. The Kier molecular flexibility index (Phi) is 3.90. The van der Waals surface area contributed by atoms with E-state index in [0.29, 0.717) is 18.8 Å². The van der Waals surface area contributed by atoms with E-state index in [2.05, 4.69) is 0 Å². The summed E-state index contributed by atoms with van der Waals surface area (Å²) in [7, 11) is 0. The SMILES string of the molecule is CC1CCN(C(=O)c2cccn2CC(=O)O)CC1O. The summed E-state index contributed by atoms with van der Waals surface area (Å²) in [6, 6.07) is 3.26. The summed E-state index contributed by atoms with van der Waals surface area (Å²) >= 11 is 0. The van der Waals surface area contributed by atoms with Crippen LogP contribution in [0, 0.1) is 5.92 Å². The van der Waals surface area contributed by atoms with Crippen LogP contribution in [-0.2, 0) is 11.3 Å². The van der Waals surface area contributed by atoms with Crippen molar-refractivity contribution in [2.75, 3.05) is 13.1 Å². The van der Waals surface area contributed by atoms with E-state index in [1.54, 1.807) is 23.2 Å². The molecule has 1 aromatic rings. The van der Waals surface area contributed by atoms with Crippen molar-refractivity contribution in [2.45, 2.75) is 26.0 Å². The first-order chi connectivity index (χ1) is 8.99. The molecule has 2 N–H and O–H groups in total. The monoisotopic (exact) mass is 266 g/mol. The number of β-amino-alcohol motifs (C(OH)–C–C–N with tert-alkyl or cyclic N) is 1. The van der Waals surface area contributed by atoms with E-state index in [-0.39, 0.29) is 18.4 Å². The van der Waals surface area contributed by atoms with Gasteiger partial charge in [0.2, 0.25) is 0 Å². The molecule has 0 bridgehead atoms. The number of amides is 1. The molecule has 19 heavy (non-hydrogen) atoms. The minimum absolute atomic E-state index is 0.190. The molecule has 0 saturated carbocycles. The summed E-state index contributed by atoms with van der Waals surface area (Å²) in [6.07, 6.45) is 1.82. The molecule has 0 aliphatic carbocycles. The minimum Gasteiger partial charge on any atom is -0.480 e. The Morgan fingerprint density at radius 3 is 2.84 bits per heavy atom. The van der Waals surface area contributed by atoms with Crippen LogP contribution in [0.2, 0.25) is 0 Å². The fourth-order valence-electron chi connectivity index (χ4n) is 2.29. The lowest BCUT2D eigenvalue weighted by Crippen LogP contribution is -2.46. The second-order valence-corrected chi connectivity index (χ2v) is 5.00. The van der Waals surface area contributed by atoms with Gasteiger partial charge < -0.3 is 19.7 Å². The van der Waals surface area contributed by atoms with Crippen molar-refractivity contribution >= 4 is 11.9 Å². The van der Waals surface area contributed by atoms with Crippen LogP contribution in [0.1, 0.15) is 23.8 Å². The van der Waals surface area contributed by atoms with Gasteiger partial charge in [0.05, 0.1) is 6.10 Å². The van der Waals surface area contributed by atoms with Crippen LogP contribution in [0.4, 0.5) is 0 Å². The van der Waals surface area contributed by atoms with Gasteiger partial charge in [-0.05, 0) is 24.5 Å². The zero-order chi connectivity index (χ0) is 14.0. The Morgan fingerprint density at radius 1 is 1.47 bits per heavy atom. The van der Waals surface area contributed by atoms with E-state index < -0.39 is 12.1 Å². The normalized spacial score (nSPS) is 23.4. The van der Waals surface area contributed by atoms with E-state index in [4.69, 9.17) is 5.11 Å². The van der Waals surface area contributed by atoms with Gasteiger partial charge in [-0.15, -0.1) is 0 Å². The van der Waals surface area contributed by atoms with Gasteiger partial charge in [0.1, 0.15) is 12.2 Å². The summed E-state index contributed by atoms with van der Waals surface area (Å²) in [6.45, 7) is 2.62. The van der Waals surface area contributed by atoms with Gasteiger partial charge in [0, 0.05) is 19.3 Å². The van der Waals surface area contributed by atoms with Crippen molar-refractivity contribution in [1.29, 1.82) is 0 Å². The minimum atomic E-state index is -0.988. The van der Waals surface area contributed by atoms with Gasteiger partial charge >= 0.3 is 5.97 Å². The predicted molar refractivity (Wildman–Crippen MR) is 67.8 cm³/mol. The van der Waals surface area contributed by atoms with Gasteiger partial charge in [0.25, 0.3) is 5.91 Å². The van der Waals surface area contributed by atoms with Crippen LogP contribution in [0.5, 0.6) is 0 Å². The van der Waals surface area contributed by atoms with Crippen molar-refractivity contribution in [1.82, 2.24) is 9.47 Å². The van der Waals surface area contributed by atoms with Crippen molar-refractivity contribution in [3.05, 3.63) is 24.0 Å². The van der Waals surface area contributed by atoms with Crippen molar-refractivity contribution < 1.29 is 19.8 Å². The second kappa shape index (κ2) is 5.44. The first-order valence-electron chi connectivity index (χ1n) is 6.33. The van der Waals surface area contributed by atoms with Crippen molar-refractivity contribution in [2.24, 2.45) is 5.92 Å². The molecule has 104 valence electrons. The van der Waals surface area contributed by atoms with E-state index in [0.717, 1.165) is 6.42 Å². The van der Waals surface area contributed by atoms with Gasteiger partial charge in [-0.2, -0.15) is 0 Å². The van der Waals surface area contributed by atoms with Gasteiger partial charge in [0.15, 0.2) is 0 Å². The number of hydrogen-bond acceptors (Lipinski definition) is 3. The quantitative estimate of drug-likeness (QED) is 0.830. The Bertz CT molecular complexity index is 483. The molecule has 0 radical (unpaired) electrons. The second-order valence-electron chi connectivity index (χ2n) is 5.00. The number of aromatic nitrogens is 1. The first-order valence-corrected chi connectivity index (χ1v) is 6.33. The lowest BCUT2D eigenvalue weighted by molar-refractivity contribution is -0.137. The van der Waals surface area contributed by atoms with E-state index in [9.17, 15) is 14.7 Å². The number of carbonyl (C=O) groups excluding carboxylic acids is 1. The molecule has 2 unspecified atom stereocenters. The Labute approximate surface area is 111 Å². The summed E-state index contributed by atoms with van der Waals surface area (Å²) < 4.78 is 1.41. The molecule has 2 rings (SSSR count). The van der Waals surface area contributed by atoms with E-state index in [1.807, 2.05) is 6.92 Å². The zero-order valence-electron chi connectivity index (χ0n) is 10.8. The largest absolute Gasteiger partial charge is 0.480 e. The smallest absolute Gasteiger partial charge is 0.323 e. The molecule has 6 heteroatoms. The highest BCUT2D eigenvalue weighted by Crippen LogP contribution is 2.19. The maximum Gasteiger partial charge on any atom is 0.323 e. The number of likely N-dealkylation sites (tertiary alicyclic amines) is 1. The number of carbonyl (C=O) groups is 2. The molecule has 6 nitrogen and oxygen atoms in total. The number of nitrogens with zero attached hydrogens (tertiary/aromatic N) is 2. The summed E-state index contributed by atoms with van der Waals surface area (Å²) in [4.78, 5) is 24.6. The average Bonchev–Trinajstić information content (AvgIpc) is 2.79. The highest BCUT2D eigenvalue weighted by atomic mass is 16.4. The maximum atomic E-state index is 12.3. The third kappa shape index (κ3) is 2.96. The van der Waals surface area contributed by atoms with Gasteiger partial charge in [-0.1, -0.05) is 6.92 Å². The molecule has 1 aromatic heterocycles. The number of aliphatic hydroxyl groups is 1. The maximum absolute atomic E-state index is 12.3. The zero-order valence-corrected chi connectivity index (χ0v) is 10.8. The molecule has 1 saturated heterocycles. The Morgan fingerprint density at radius 2 is 2.21 bits per heavy atom. The highest BCUT2D eigenvalue weighted by molar-refractivity contribution is 5.93. The van der Waals surface area contributed by atoms with E-state index >= 15 is 0 Å². The molecule has 2 atom stereocenters. The molecule has 2 heterocycles. The van der Waals surface area contributed by atoms with Crippen molar-refractivity contribution in [3.8, 4) is 0 Å². The lowest BCUT2D eigenvalue weighted by atomic mass is 9.96.